The molecule has 0 nitrogen and oxygen atoms in total. The molecule has 0 spiro atoms. The second-order valence-electron chi connectivity index (χ2n) is 1.76. The van der Waals surface area contributed by atoms with Crippen LogP contribution in [0.5, 0.6) is 0 Å². The Kier molecular flexibility index (Phi) is 4.69. The molecule has 10 heavy (non-hydrogen) atoms. The molecule has 0 aromatic rings. The maximum absolute atomic E-state index is 5.64. The van der Waals surface area contributed by atoms with Crippen molar-refractivity contribution >= 4 is 11.6 Å². The van der Waals surface area contributed by atoms with E-state index in [-0.39, 0.29) is 0 Å². The van der Waals surface area contributed by atoms with Gasteiger partial charge < -0.3 is 0 Å². The van der Waals surface area contributed by atoms with Crippen LogP contribution in [0.2, 0.25) is 0 Å². The number of allylic oxidation sites excluding steroid dienone is 6. The molecule has 0 amide bonds. The van der Waals surface area contributed by atoms with Crippen molar-refractivity contribution in [2.24, 2.45) is 0 Å². The van der Waals surface area contributed by atoms with E-state index in [2.05, 4.69) is 13.2 Å². The summed E-state index contributed by atoms with van der Waals surface area (Å²) >= 11 is 5.64. The maximum atomic E-state index is 5.64. The van der Waals surface area contributed by atoms with Gasteiger partial charge in [0.25, 0.3) is 0 Å². The van der Waals surface area contributed by atoms with Crippen molar-refractivity contribution in [3.05, 3.63) is 48.1 Å². The summed E-state index contributed by atoms with van der Waals surface area (Å²) in [6.45, 7) is 9.07. The molecule has 54 valence electrons. The van der Waals surface area contributed by atoms with E-state index in [0.717, 1.165) is 5.57 Å². The Bertz CT molecular complexity index is 185. The van der Waals surface area contributed by atoms with Gasteiger partial charge in [-0.1, -0.05) is 49.1 Å². The fourth-order valence-electron chi connectivity index (χ4n) is 0.543. The fourth-order valence-corrected chi connectivity index (χ4v) is 0.669. The van der Waals surface area contributed by atoms with Gasteiger partial charge in [0.1, 0.15) is 0 Å². The molecule has 0 bridgehead atoms. The highest BCUT2D eigenvalue weighted by molar-refractivity contribution is 6.31. The summed E-state index contributed by atoms with van der Waals surface area (Å²) < 4.78 is 0. The third-order valence-corrected chi connectivity index (χ3v) is 1.18. The van der Waals surface area contributed by atoms with Gasteiger partial charge in [0.2, 0.25) is 0 Å². The van der Waals surface area contributed by atoms with Gasteiger partial charge >= 0.3 is 0 Å². The molecule has 0 aliphatic carbocycles. The van der Waals surface area contributed by atoms with E-state index in [4.69, 9.17) is 11.6 Å². The Labute approximate surface area is 67.2 Å². The Balaban J connectivity index is 4.41. The first-order valence-electron chi connectivity index (χ1n) is 3.02. The second kappa shape index (κ2) is 5.07. The van der Waals surface area contributed by atoms with Gasteiger partial charge in [0.05, 0.1) is 0 Å². The van der Waals surface area contributed by atoms with E-state index in [9.17, 15) is 0 Å². The average molecular weight is 155 g/mol. The third kappa shape index (κ3) is 3.31. The van der Waals surface area contributed by atoms with Gasteiger partial charge in [-0.3, -0.25) is 0 Å². The average Bonchev–Trinajstić information content (AvgIpc) is 1.87. The number of rotatable bonds is 3. The Hall–Kier alpha value is -0.750. The normalized spacial score (nSPS) is 12.0. The molecule has 0 radical (unpaired) electrons. The van der Waals surface area contributed by atoms with Crippen LogP contribution in [-0.4, -0.2) is 0 Å². The topological polar surface area (TPSA) is 0 Å². The van der Waals surface area contributed by atoms with Gasteiger partial charge in [0, 0.05) is 5.03 Å². The Morgan fingerprint density at radius 3 is 2.40 bits per heavy atom. The summed E-state index contributed by atoms with van der Waals surface area (Å²) in [7, 11) is 0. The molecule has 0 aromatic carbocycles. The Morgan fingerprint density at radius 2 is 2.10 bits per heavy atom. The minimum atomic E-state index is 0.540. The highest BCUT2D eigenvalue weighted by Crippen LogP contribution is 2.13. The summed E-state index contributed by atoms with van der Waals surface area (Å²) in [6.07, 6.45) is 7.29. The fraction of sp³-hybridized carbons (Fsp3) is 0.111. The molecule has 0 saturated heterocycles. The molecule has 0 aromatic heterocycles. The zero-order chi connectivity index (χ0) is 7.98. The van der Waals surface area contributed by atoms with Crippen molar-refractivity contribution in [1.29, 1.82) is 0 Å². The molecule has 0 aliphatic heterocycles. The lowest BCUT2D eigenvalue weighted by molar-refractivity contribution is 1.61. The molecular weight excluding hydrogens is 144 g/mol. The van der Waals surface area contributed by atoms with Gasteiger partial charge in [-0.2, -0.15) is 0 Å². The molecule has 0 aliphatic rings. The van der Waals surface area contributed by atoms with E-state index < -0.39 is 0 Å². The second-order valence-corrected chi connectivity index (χ2v) is 2.22. The summed E-state index contributed by atoms with van der Waals surface area (Å²) in [6, 6.07) is 0. The molecule has 0 N–H and O–H groups in total. The molecule has 0 heterocycles. The summed E-state index contributed by atoms with van der Waals surface area (Å²) in [5, 5.41) is 0.540. The highest BCUT2D eigenvalue weighted by atomic mass is 35.5. The zero-order valence-electron chi connectivity index (χ0n) is 6.10. The Morgan fingerprint density at radius 1 is 1.50 bits per heavy atom. The standard InChI is InChI=1S/C9H11Cl/c1-4-6-9(7-5-2)8(3)10/h4-7H,1,3H2,2H3/b7-5+,9-6-. The molecule has 0 unspecified atom stereocenters. The van der Waals surface area contributed by atoms with E-state index in [1.807, 2.05) is 25.2 Å². The number of hydrogen-bond acceptors (Lipinski definition) is 0. The van der Waals surface area contributed by atoms with Crippen LogP contribution < -0.4 is 0 Å². The maximum Gasteiger partial charge on any atom is 0.0406 e. The van der Waals surface area contributed by atoms with Crippen LogP contribution in [0.3, 0.4) is 0 Å². The van der Waals surface area contributed by atoms with Gasteiger partial charge in [-0.15, -0.1) is 0 Å². The largest absolute Gasteiger partial charge is 0.0990 e. The van der Waals surface area contributed by atoms with Gasteiger partial charge in [0.15, 0.2) is 0 Å². The van der Waals surface area contributed by atoms with Crippen LogP contribution in [0.25, 0.3) is 0 Å². The minimum absolute atomic E-state index is 0.540. The van der Waals surface area contributed by atoms with Crippen LogP contribution in [0, 0.1) is 0 Å². The van der Waals surface area contributed by atoms with Crippen molar-refractivity contribution in [3.8, 4) is 0 Å². The molecule has 1 heteroatoms. The predicted octanol–water partition coefficient (Wildman–Crippen LogP) is 3.43. The summed E-state index contributed by atoms with van der Waals surface area (Å²) in [5.41, 5.74) is 0.902. The monoisotopic (exact) mass is 154 g/mol. The van der Waals surface area contributed by atoms with E-state index in [0.29, 0.717) is 5.03 Å². The van der Waals surface area contributed by atoms with Crippen LogP contribution in [-0.2, 0) is 0 Å². The SMILES string of the molecule is C=C/C=C(/C=C/C)C(=C)Cl. The van der Waals surface area contributed by atoms with Crippen molar-refractivity contribution < 1.29 is 0 Å². The highest BCUT2D eigenvalue weighted by Gasteiger charge is 1.90. The van der Waals surface area contributed by atoms with Gasteiger partial charge in [-0.05, 0) is 12.5 Å². The lowest BCUT2D eigenvalue weighted by atomic mass is 10.2. The number of hydrogen-bond donors (Lipinski definition) is 0. The van der Waals surface area contributed by atoms with Crippen LogP contribution in [0.4, 0.5) is 0 Å². The van der Waals surface area contributed by atoms with Crippen molar-refractivity contribution in [3.63, 3.8) is 0 Å². The summed E-state index contributed by atoms with van der Waals surface area (Å²) in [4.78, 5) is 0. The lowest BCUT2D eigenvalue weighted by Gasteiger charge is -1.93. The first kappa shape index (κ1) is 9.25. The zero-order valence-corrected chi connectivity index (χ0v) is 6.86. The third-order valence-electron chi connectivity index (χ3n) is 0.957. The van der Waals surface area contributed by atoms with E-state index in [1.54, 1.807) is 6.08 Å². The number of halogens is 1. The first-order chi connectivity index (χ1) is 4.72. The van der Waals surface area contributed by atoms with E-state index in [1.165, 1.54) is 0 Å². The first-order valence-corrected chi connectivity index (χ1v) is 3.40. The molecule has 0 atom stereocenters. The molecule has 0 fully saturated rings. The molecule has 0 rings (SSSR count). The van der Waals surface area contributed by atoms with Crippen molar-refractivity contribution in [2.45, 2.75) is 6.92 Å². The van der Waals surface area contributed by atoms with Crippen molar-refractivity contribution in [1.82, 2.24) is 0 Å². The van der Waals surface area contributed by atoms with Crippen molar-refractivity contribution in [2.75, 3.05) is 0 Å². The predicted molar refractivity (Wildman–Crippen MR) is 48.1 cm³/mol. The molecular formula is C9H11Cl. The van der Waals surface area contributed by atoms with Crippen LogP contribution >= 0.6 is 11.6 Å². The summed E-state index contributed by atoms with van der Waals surface area (Å²) in [5.74, 6) is 0. The quantitative estimate of drug-likeness (QED) is 0.547. The van der Waals surface area contributed by atoms with Crippen LogP contribution in [0.15, 0.2) is 48.1 Å². The van der Waals surface area contributed by atoms with Gasteiger partial charge in [-0.25, -0.2) is 0 Å². The van der Waals surface area contributed by atoms with E-state index >= 15 is 0 Å². The lowest BCUT2D eigenvalue weighted by Crippen LogP contribution is -1.73. The smallest absolute Gasteiger partial charge is 0.0406 e. The molecule has 0 saturated carbocycles. The minimum Gasteiger partial charge on any atom is -0.0990 e. The van der Waals surface area contributed by atoms with Crippen LogP contribution in [0.1, 0.15) is 6.92 Å².